The van der Waals surface area contributed by atoms with Gasteiger partial charge in [0.15, 0.2) is 0 Å². The SMILES string of the molecule is Cc1nc(N)c2cc(C)[nH]c2n1. The van der Waals surface area contributed by atoms with Gasteiger partial charge in [0, 0.05) is 5.69 Å². The van der Waals surface area contributed by atoms with E-state index in [4.69, 9.17) is 5.73 Å². The number of rotatable bonds is 0. The molecule has 0 spiro atoms. The zero-order chi connectivity index (χ0) is 8.72. The van der Waals surface area contributed by atoms with Crippen LogP contribution < -0.4 is 5.73 Å². The minimum atomic E-state index is 0.543. The number of nitrogens with zero attached hydrogens (tertiary/aromatic N) is 2. The van der Waals surface area contributed by atoms with E-state index in [0.717, 1.165) is 16.7 Å². The van der Waals surface area contributed by atoms with E-state index in [1.807, 2.05) is 19.9 Å². The molecule has 2 heterocycles. The van der Waals surface area contributed by atoms with Crippen LogP contribution in [-0.4, -0.2) is 15.0 Å². The van der Waals surface area contributed by atoms with Crippen LogP contribution in [0.4, 0.5) is 5.82 Å². The molecule has 3 N–H and O–H groups in total. The summed E-state index contributed by atoms with van der Waals surface area (Å²) in [5.74, 6) is 1.24. The van der Waals surface area contributed by atoms with E-state index in [1.165, 1.54) is 0 Å². The Kier molecular flexibility index (Phi) is 1.30. The van der Waals surface area contributed by atoms with Crippen LogP contribution in [-0.2, 0) is 0 Å². The van der Waals surface area contributed by atoms with Gasteiger partial charge in [-0.05, 0) is 19.9 Å². The third-order valence-corrected chi connectivity index (χ3v) is 1.76. The molecule has 0 aliphatic heterocycles. The van der Waals surface area contributed by atoms with Crippen LogP contribution in [0.5, 0.6) is 0 Å². The first kappa shape index (κ1) is 7.09. The second-order valence-corrected chi connectivity index (χ2v) is 2.87. The molecule has 0 fully saturated rings. The van der Waals surface area contributed by atoms with Crippen LogP contribution in [0.15, 0.2) is 6.07 Å². The first-order chi connectivity index (χ1) is 5.66. The molecular weight excluding hydrogens is 152 g/mol. The second-order valence-electron chi connectivity index (χ2n) is 2.87. The fourth-order valence-electron chi connectivity index (χ4n) is 1.28. The van der Waals surface area contributed by atoms with Gasteiger partial charge in [-0.25, -0.2) is 9.97 Å². The largest absolute Gasteiger partial charge is 0.383 e. The highest BCUT2D eigenvalue weighted by molar-refractivity contribution is 5.86. The van der Waals surface area contributed by atoms with E-state index in [9.17, 15) is 0 Å². The lowest BCUT2D eigenvalue weighted by atomic mass is 10.3. The van der Waals surface area contributed by atoms with Crippen LogP contribution in [0.25, 0.3) is 11.0 Å². The number of aromatic nitrogens is 3. The number of anilines is 1. The van der Waals surface area contributed by atoms with E-state index >= 15 is 0 Å². The lowest BCUT2D eigenvalue weighted by Crippen LogP contribution is -1.95. The number of fused-ring (bicyclic) bond motifs is 1. The molecular formula is C8H10N4. The number of H-pyrrole nitrogens is 1. The van der Waals surface area contributed by atoms with Crippen LogP contribution in [0.2, 0.25) is 0 Å². The summed E-state index contributed by atoms with van der Waals surface area (Å²) in [6.07, 6.45) is 0. The number of aromatic amines is 1. The van der Waals surface area contributed by atoms with E-state index in [2.05, 4.69) is 15.0 Å². The van der Waals surface area contributed by atoms with Crippen molar-refractivity contribution >= 4 is 16.9 Å². The summed E-state index contributed by atoms with van der Waals surface area (Å²) < 4.78 is 0. The van der Waals surface area contributed by atoms with Crippen molar-refractivity contribution in [1.29, 1.82) is 0 Å². The summed E-state index contributed by atoms with van der Waals surface area (Å²) in [5, 5.41) is 0.901. The number of nitrogen functional groups attached to an aromatic ring is 1. The number of hydrogen-bond acceptors (Lipinski definition) is 3. The molecule has 4 heteroatoms. The van der Waals surface area contributed by atoms with Crippen LogP contribution in [0.1, 0.15) is 11.5 Å². The Labute approximate surface area is 69.8 Å². The molecule has 2 aromatic heterocycles. The molecule has 0 aliphatic carbocycles. The second kappa shape index (κ2) is 2.20. The van der Waals surface area contributed by atoms with E-state index in [1.54, 1.807) is 0 Å². The standard InChI is InChI=1S/C8H10N4/c1-4-3-6-7(9)11-5(2)12-8(6)10-4/h3H,1-2H3,(H3,9,10,11,12). The van der Waals surface area contributed by atoms with Crippen molar-refractivity contribution < 1.29 is 0 Å². The number of aryl methyl sites for hydroxylation is 2. The zero-order valence-electron chi connectivity index (χ0n) is 7.05. The third-order valence-electron chi connectivity index (χ3n) is 1.76. The molecule has 0 amide bonds. The molecule has 2 rings (SSSR count). The fraction of sp³-hybridized carbons (Fsp3) is 0.250. The molecule has 0 atom stereocenters. The Hall–Kier alpha value is -1.58. The van der Waals surface area contributed by atoms with E-state index < -0.39 is 0 Å². The van der Waals surface area contributed by atoms with Crippen molar-refractivity contribution in [3.8, 4) is 0 Å². The maximum Gasteiger partial charge on any atom is 0.143 e. The van der Waals surface area contributed by atoms with Gasteiger partial charge in [0.1, 0.15) is 17.3 Å². The van der Waals surface area contributed by atoms with Crippen LogP contribution in [0, 0.1) is 13.8 Å². The highest BCUT2D eigenvalue weighted by Gasteiger charge is 2.04. The van der Waals surface area contributed by atoms with E-state index in [-0.39, 0.29) is 0 Å². The van der Waals surface area contributed by atoms with Gasteiger partial charge >= 0.3 is 0 Å². The molecule has 62 valence electrons. The van der Waals surface area contributed by atoms with Gasteiger partial charge in [0.25, 0.3) is 0 Å². The topological polar surface area (TPSA) is 67.6 Å². The quantitative estimate of drug-likeness (QED) is 0.610. The number of nitrogens with two attached hydrogens (primary N) is 1. The lowest BCUT2D eigenvalue weighted by molar-refractivity contribution is 1.08. The molecule has 0 unspecified atom stereocenters. The van der Waals surface area contributed by atoms with Crippen LogP contribution in [0.3, 0.4) is 0 Å². The third kappa shape index (κ3) is 0.922. The van der Waals surface area contributed by atoms with Gasteiger partial charge in [0.2, 0.25) is 0 Å². The van der Waals surface area contributed by atoms with Gasteiger partial charge in [-0.3, -0.25) is 0 Å². The summed E-state index contributed by atoms with van der Waals surface area (Å²) in [4.78, 5) is 11.4. The van der Waals surface area contributed by atoms with Crippen molar-refractivity contribution in [3.05, 3.63) is 17.6 Å². The predicted octanol–water partition coefficient (Wildman–Crippen LogP) is 1.16. The Morgan fingerprint density at radius 1 is 1.33 bits per heavy atom. The van der Waals surface area contributed by atoms with Gasteiger partial charge in [-0.15, -0.1) is 0 Å². The summed E-state index contributed by atoms with van der Waals surface area (Å²) in [7, 11) is 0. The fourth-order valence-corrected chi connectivity index (χ4v) is 1.28. The molecule has 0 saturated carbocycles. The molecule has 12 heavy (non-hydrogen) atoms. The predicted molar refractivity (Wildman–Crippen MR) is 47.8 cm³/mol. The molecule has 0 aliphatic rings. The summed E-state index contributed by atoms with van der Waals surface area (Å²) in [6, 6.07) is 1.95. The Morgan fingerprint density at radius 2 is 2.08 bits per heavy atom. The van der Waals surface area contributed by atoms with Crippen molar-refractivity contribution in [2.24, 2.45) is 0 Å². The van der Waals surface area contributed by atoms with Crippen LogP contribution >= 0.6 is 0 Å². The van der Waals surface area contributed by atoms with Crippen molar-refractivity contribution in [1.82, 2.24) is 15.0 Å². The normalized spacial score (nSPS) is 10.8. The molecule has 0 saturated heterocycles. The average Bonchev–Trinajstić information content (AvgIpc) is 2.29. The smallest absolute Gasteiger partial charge is 0.143 e. The van der Waals surface area contributed by atoms with Crippen molar-refractivity contribution in [2.45, 2.75) is 13.8 Å². The Bertz CT molecular complexity index is 430. The lowest BCUT2D eigenvalue weighted by Gasteiger charge is -1.95. The highest BCUT2D eigenvalue weighted by Crippen LogP contribution is 2.17. The first-order valence-electron chi connectivity index (χ1n) is 3.76. The first-order valence-corrected chi connectivity index (χ1v) is 3.76. The maximum absolute atomic E-state index is 5.70. The highest BCUT2D eigenvalue weighted by atomic mass is 15.0. The van der Waals surface area contributed by atoms with Gasteiger partial charge in [-0.2, -0.15) is 0 Å². The van der Waals surface area contributed by atoms with Crippen molar-refractivity contribution in [2.75, 3.05) is 5.73 Å². The number of nitrogens with one attached hydrogen (secondary N) is 1. The van der Waals surface area contributed by atoms with Gasteiger partial charge in [-0.1, -0.05) is 0 Å². The summed E-state index contributed by atoms with van der Waals surface area (Å²) in [6.45, 7) is 3.79. The van der Waals surface area contributed by atoms with Gasteiger partial charge < -0.3 is 10.7 Å². The molecule has 0 radical (unpaired) electrons. The zero-order valence-corrected chi connectivity index (χ0v) is 7.05. The molecule has 0 aromatic carbocycles. The molecule has 4 nitrogen and oxygen atoms in total. The van der Waals surface area contributed by atoms with E-state index in [0.29, 0.717) is 11.6 Å². The minimum Gasteiger partial charge on any atom is -0.383 e. The maximum atomic E-state index is 5.70. The van der Waals surface area contributed by atoms with Gasteiger partial charge in [0.05, 0.1) is 5.39 Å². The Morgan fingerprint density at radius 3 is 2.83 bits per heavy atom. The summed E-state index contributed by atoms with van der Waals surface area (Å²) >= 11 is 0. The summed E-state index contributed by atoms with van der Waals surface area (Å²) in [5.41, 5.74) is 7.57. The molecule has 2 aromatic rings. The molecule has 0 bridgehead atoms. The average molecular weight is 162 g/mol. The minimum absolute atomic E-state index is 0.543. The van der Waals surface area contributed by atoms with Crippen molar-refractivity contribution in [3.63, 3.8) is 0 Å². The Balaban J connectivity index is 2.88. The number of hydrogen-bond donors (Lipinski definition) is 2. The monoisotopic (exact) mass is 162 g/mol.